The van der Waals surface area contributed by atoms with Gasteiger partial charge in [0.15, 0.2) is 0 Å². The van der Waals surface area contributed by atoms with Gasteiger partial charge in [-0.05, 0) is 19.1 Å². The zero-order chi connectivity index (χ0) is 13.7. The van der Waals surface area contributed by atoms with Gasteiger partial charge in [-0.25, -0.2) is 4.98 Å². The molecule has 19 heavy (non-hydrogen) atoms. The predicted octanol–water partition coefficient (Wildman–Crippen LogP) is 2.17. The molecule has 0 aliphatic carbocycles. The SMILES string of the molecule is CCN(CCOC)c1nc2ccccc2cc1CN. The van der Waals surface area contributed by atoms with Crippen molar-refractivity contribution in [3.8, 4) is 0 Å². The van der Waals surface area contributed by atoms with E-state index in [1.165, 1.54) is 0 Å². The number of ether oxygens (including phenoxy) is 1. The number of pyridine rings is 1. The van der Waals surface area contributed by atoms with Crippen LogP contribution < -0.4 is 10.6 Å². The van der Waals surface area contributed by atoms with Gasteiger partial charge in [-0.3, -0.25) is 0 Å². The molecule has 0 fully saturated rings. The van der Waals surface area contributed by atoms with Crippen molar-refractivity contribution in [3.63, 3.8) is 0 Å². The first-order valence-corrected chi connectivity index (χ1v) is 6.62. The molecular formula is C15H21N3O. The minimum Gasteiger partial charge on any atom is -0.383 e. The molecule has 2 rings (SSSR count). The summed E-state index contributed by atoms with van der Waals surface area (Å²) in [6.07, 6.45) is 0. The molecule has 2 aromatic rings. The molecule has 0 aliphatic heterocycles. The van der Waals surface area contributed by atoms with Crippen LogP contribution in [0.2, 0.25) is 0 Å². The van der Waals surface area contributed by atoms with Gasteiger partial charge in [0, 0.05) is 37.7 Å². The standard InChI is InChI=1S/C15H21N3O/c1-3-18(8-9-19-2)15-13(11-16)10-12-6-4-5-7-14(12)17-15/h4-7,10H,3,8-9,11,16H2,1-2H3. The topological polar surface area (TPSA) is 51.4 Å². The third-order valence-electron chi connectivity index (χ3n) is 3.25. The number of benzene rings is 1. The van der Waals surface area contributed by atoms with Crippen molar-refractivity contribution in [3.05, 3.63) is 35.9 Å². The van der Waals surface area contributed by atoms with E-state index in [-0.39, 0.29) is 0 Å². The number of hydrogen-bond donors (Lipinski definition) is 1. The number of hydrogen-bond acceptors (Lipinski definition) is 4. The van der Waals surface area contributed by atoms with Crippen LogP contribution in [-0.2, 0) is 11.3 Å². The number of anilines is 1. The lowest BCUT2D eigenvalue weighted by molar-refractivity contribution is 0.205. The zero-order valence-electron chi connectivity index (χ0n) is 11.6. The summed E-state index contributed by atoms with van der Waals surface area (Å²) in [6.45, 7) is 5.02. The average molecular weight is 259 g/mol. The van der Waals surface area contributed by atoms with E-state index < -0.39 is 0 Å². The van der Waals surface area contributed by atoms with Crippen molar-refractivity contribution in [1.29, 1.82) is 0 Å². The molecule has 1 heterocycles. The van der Waals surface area contributed by atoms with Crippen LogP contribution in [0, 0.1) is 0 Å². The van der Waals surface area contributed by atoms with Crippen LogP contribution in [0.4, 0.5) is 5.82 Å². The van der Waals surface area contributed by atoms with E-state index >= 15 is 0 Å². The fourth-order valence-corrected chi connectivity index (χ4v) is 2.19. The summed E-state index contributed by atoms with van der Waals surface area (Å²) in [5.41, 5.74) is 7.95. The molecular weight excluding hydrogens is 238 g/mol. The number of rotatable bonds is 6. The Hall–Kier alpha value is -1.65. The summed E-state index contributed by atoms with van der Waals surface area (Å²) in [5.74, 6) is 0.973. The molecule has 0 aliphatic rings. The van der Waals surface area contributed by atoms with Gasteiger partial charge < -0.3 is 15.4 Å². The van der Waals surface area contributed by atoms with Crippen molar-refractivity contribution in [2.45, 2.75) is 13.5 Å². The number of fused-ring (bicyclic) bond motifs is 1. The molecule has 1 aromatic heterocycles. The summed E-state index contributed by atoms with van der Waals surface area (Å²) < 4.78 is 5.16. The maximum absolute atomic E-state index is 5.86. The molecule has 0 amide bonds. The number of methoxy groups -OCH3 is 1. The fraction of sp³-hybridized carbons (Fsp3) is 0.400. The molecule has 102 valence electrons. The molecule has 0 radical (unpaired) electrons. The smallest absolute Gasteiger partial charge is 0.133 e. The molecule has 0 saturated heterocycles. The molecule has 4 nitrogen and oxygen atoms in total. The van der Waals surface area contributed by atoms with Gasteiger partial charge in [-0.15, -0.1) is 0 Å². The Morgan fingerprint density at radius 1 is 1.32 bits per heavy atom. The summed E-state index contributed by atoms with van der Waals surface area (Å²) >= 11 is 0. The van der Waals surface area contributed by atoms with Crippen LogP contribution in [0.15, 0.2) is 30.3 Å². The highest BCUT2D eigenvalue weighted by molar-refractivity contribution is 5.81. The molecule has 2 N–H and O–H groups in total. The Morgan fingerprint density at radius 2 is 2.11 bits per heavy atom. The summed E-state index contributed by atoms with van der Waals surface area (Å²) in [7, 11) is 1.71. The Kier molecular flexibility index (Phi) is 4.71. The number of likely N-dealkylation sites (N-methyl/N-ethyl adjacent to an activating group) is 1. The number of aromatic nitrogens is 1. The van der Waals surface area contributed by atoms with Crippen LogP contribution in [-0.4, -0.2) is 31.8 Å². The van der Waals surface area contributed by atoms with E-state index in [4.69, 9.17) is 15.5 Å². The summed E-state index contributed by atoms with van der Waals surface area (Å²) in [6, 6.07) is 10.3. The number of nitrogens with zero attached hydrogens (tertiary/aromatic N) is 2. The van der Waals surface area contributed by atoms with Gasteiger partial charge in [0.05, 0.1) is 12.1 Å². The minimum atomic E-state index is 0.497. The Labute approximate surface area is 114 Å². The van der Waals surface area contributed by atoms with Gasteiger partial charge in [0.25, 0.3) is 0 Å². The van der Waals surface area contributed by atoms with Crippen molar-refractivity contribution in [1.82, 2.24) is 4.98 Å². The second-order valence-corrected chi connectivity index (χ2v) is 4.44. The van der Waals surface area contributed by atoms with Gasteiger partial charge in [0.1, 0.15) is 5.82 Å². The maximum Gasteiger partial charge on any atom is 0.133 e. The first-order chi connectivity index (χ1) is 9.30. The molecule has 0 saturated carbocycles. The average Bonchev–Trinajstić information content (AvgIpc) is 2.47. The van der Waals surface area contributed by atoms with E-state index in [2.05, 4.69) is 24.0 Å². The Balaban J connectivity index is 2.44. The summed E-state index contributed by atoms with van der Waals surface area (Å²) in [4.78, 5) is 6.97. The lowest BCUT2D eigenvalue weighted by Gasteiger charge is -2.24. The fourth-order valence-electron chi connectivity index (χ4n) is 2.19. The number of nitrogens with two attached hydrogens (primary N) is 1. The van der Waals surface area contributed by atoms with Crippen molar-refractivity contribution in [2.75, 3.05) is 31.7 Å². The lowest BCUT2D eigenvalue weighted by atomic mass is 10.1. The van der Waals surface area contributed by atoms with Crippen LogP contribution in [0.25, 0.3) is 10.9 Å². The minimum absolute atomic E-state index is 0.497. The Bertz CT molecular complexity index is 542. The highest BCUT2D eigenvalue weighted by Crippen LogP contribution is 2.23. The van der Waals surface area contributed by atoms with E-state index in [1.807, 2.05) is 18.2 Å². The highest BCUT2D eigenvalue weighted by atomic mass is 16.5. The molecule has 1 aromatic carbocycles. The molecule has 0 unspecified atom stereocenters. The summed E-state index contributed by atoms with van der Waals surface area (Å²) in [5, 5.41) is 1.13. The van der Waals surface area contributed by atoms with E-state index in [9.17, 15) is 0 Å². The number of para-hydroxylation sites is 1. The van der Waals surface area contributed by atoms with Crippen LogP contribution in [0.5, 0.6) is 0 Å². The molecule has 4 heteroatoms. The second-order valence-electron chi connectivity index (χ2n) is 4.44. The normalized spacial score (nSPS) is 10.9. The van der Waals surface area contributed by atoms with Gasteiger partial charge in [0.2, 0.25) is 0 Å². The molecule has 0 atom stereocenters. The van der Waals surface area contributed by atoms with E-state index in [0.29, 0.717) is 13.2 Å². The Morgan fingerprint density at radius 3 is 2.79 bits per heavy atom. The third-order valence-corrected chi connectivity index (χ3v) is 3.25. The van der Waals surface area contributed by atoms with Crippen LogP contribution in [0.1, 0.15) is 12.5 Å². The molecule has 0 bridgehead atoms. The maximum atomic E-state index is 5.86. The van der Waals surface area contributed by atoms with Gasteiger partial charge >= 0.3 is 0 Å². The molecule has 0 spiro atoms. The highest BCUT2D eigenvalue weighted by Gasteiger charge is 2.12. The van der Waals surface area contributed by atoms with Crippen molar-refractivity contribution >= 4 is 16.7 Å². The first kappa shape index (κ1) is 13.8. The van der Waals surface area contributed by atoms with Gasteiger partial charge in [-0.1, -0.05) is 18.2 Å². The lowest BCUT2D eigenvalue weighted by Crippen LogP contribution is -2.29. The zero-order valence-corrected chi connectivity index (χ0v) is 11.6. The largest absolute Gasteiger partial charge is 0.383 e. The second kappa shape index (κ2) is 6.50. The predicted molar refractivity (Wildman–Crippen MR) is 79.4 cm³/mol. The quantitative estimate of drug-likeness (QED) is 0.863. The van der Waals surface area contributed by atoms with E-state index in [1.54, 1.807) is 7.11 Å². The van der Waals surface area contributed by atoms with Crippen LogP contribution >= 0.6 is 0 Å². The van der Waals surface area contributed by atoms with Crippen molar-refractivity contribution in [2.24, 2.45) is 5.73 Å². The van der Waals surface area contributed by atoms with Crippen molar-refractivity contribution < 1.29 is 4.74 Å². The third kappa shape index (κ3) is 3.03. The first-order valence-electron chi connectivity index (χ1n) is 6.62. The van der Waals surface area contributed by atoms with Crippen LogP contribution in [0.3, 0.4) is 0 Å². The monoisotopic (exact) mass is 259 g/mol. The van der Waals surface area contributed by atoms with Gasteiger partial charge in [-0.2, -0.15) is 0 Å². The van der Waals surface area contributed by atoms with E-state index in [0.717, 1.165) is 35.4 Å².